The van der Waals surface area contributed by atoms with Crippen LogP contribution in [0, 0.1) is 5.92 Å². The molecule has 0 amide bonds. The number of anilines is 1. The van der Waals surface area contributed by atoms with Crippen molar-refractivity contribution < 1.29 is 0 Å². The smallest absolute Gasteiger partial charge is 0.173 e. The monoisotopic (exact) mass is 338 g/mol. The Morgan fingerprint density at radius 3 is 2.29 bits per heavy atom. The van der Waals surface area contributed by atoms with Crippen LogP contribution in [0.4, 0.5) is 5.69 Å². The molecule has 2 aromatic rings. The van der Waals surface area contributed by atoms with Gasteiger partial charge >= 0.3 is 0 Å². The molecule has 24 heavy (non-hydrogen) atoms. The zero-order valence-electron chi connectivity index (χ0n) is 14.4. The maximum atomic E-state index is 5.60. The molecule has 0 aliphatic carbocycles. The lowest BCUT2D eigenvalue weighted by molar-refractivity contribution is 0.268. The average molecular weight is 339 g/mol. The van der Waals surface area contributed by atoms with E-state index in [-0.39, 0.29) is 0 Å². The second kappa shape index (κ2) is 8.29. The molecule has 1 fully saturated rings. The van der Waals surface area contributed by atoms with Gasteiger partial charge in [0.05, 0.1) is 0 Å². The third kappa shape index (κ3) is 4.57. The molecule has 1 saturated heterocycles. The van der Waals surface area contributed by atoms with Crippen molar-refractivity contribution in [1.29, 1.82) is 0 Å². The van der Waals surface area contributed by atoms with E-state index in [4.69, 9.17) is 12.2 Å². The Bertz CT molecular complexity index is 643. The second-order valence-electron chi connectivity index (χ2n) is 6.60. The highest BCUT2D eigenvalue weighted by Crippen LogP contribution is 2.22. The van der Waals surface area contributed by atoms with Gasteiger partial charge in [0.2, 0.25) is 0 Å². The third-order valence-electron chi connectivity index (χ3n) is 4.88. The van der Waals surface area contributed by atoms with Gasteiger partial charge in [-0.3, -0.25) is 0 Å². The number of nitrogens with one attached hydrogen (secondary N) is 1. The standard InChI is InChI=1S/C21H26N2S/c1-2-17-8-10-20(11-9-17)22-21(24)23-14-12-19(13-15-23)16-18-6-4-3-5-7-18/h3-11,19H,2,12-16H2,1H3,(H,22,24). The third-order valence-corrected chi connectivity index (χ3v) is 5.24. The normalized spacial score (nSPS) is 15.3. The van der Waals surface area contributed by atoms with Crippen LogP contribution < -0.4 is 5.32 Å². The maximum Gasteiger partial charge on any atom is 0.173 e. The molecule has 0 atom stereocenters. The molecular formula is C21H26N2S. The summed E-state index contributed by atoms with van der Waals surface area (Å²) >= 11 is 5.60. The van der Waals surface area contributed by atoms with Gasteiger partial charge in [-0.1, -0.05) is 49.4 Å². The Morgan fingerprint density at radius 2 is 1.67 bits per heavy atom. The quantitative estimate of drug-likeness (QED) is 0.798. The largest absolute Gasteiger partial charge is 0.349 e. The van der Waals surface area contributed by atoms with Crippen LogP contribution in [-0.4, -0.2) is 23.1 Å². The minimum Gasteiger partial charge on any atom is -0.349 e. The Balaban J connectivity index is 1.47. The predicted molar refractivity (Wildman–Crippen MR) is 106 cm³/mol. The molecule has 3 rings (SSSR count). The summed E-state index contributed by atoms with van der Waals surface area (Å²) in [5.41, 5.74) is 3.89. The van der Waals surface area contributed by atoms with Gasteiger partial charge in [0.15, 0.2) is 5.11 Å². The highest BCUT2D eigenvalue weighted by atomic mass is 32.1. The molecule has 0 aromatic heterocycles. The van der Waals surface area contributed by atoms with E-state index in [1.165, 1.54) is 30.4 Å². The van der Waals surface area contributed by atoms with Crippen molar-refractivity contribution in [3.63, 3.8) is 0 Å². The number of thiocarbonyl (C=S) groups is 1. The molecule has 0 spiro atoms. The summed E-state index contributed by atoms with van der Waals surface area (Å²) in [7, 11) is 0. The highest BCUT2D eigenvalue weighted by Gasteiger charge is 2.21. The number of hydrogen-bond donors (Lipinski definition) is 1. The van der Waals surface area contributed by atoms with Crippen LogP contribution in [0.5, 0.6) is 0 Å². The van der Waals surface area contributed by atoms with Gasteiger partial charge in [0.1, 0.15) is 0 Å². The van der Waals surface area contributed by atoms with Crippen molar-refractivity contribution in [2.24, 2.45) is 5.92 Å². The first-order chi connectivity index (χ1) is 11.7. The van der Waals surface area contributed by atoms with E-state index in [1.54, 1.807) is 0 Å². The molecule has 1 aliphatic rings. The van der Waals surface area contributed by atoms with Crippen LogP contribution in [0.2, 0.25) is 0 Å². The Morgan fingerprint density at radius 1 is 1.00 bits per heavy atom. The Hall–Kier alpha value is -1.87. The first-order valence-corrected chi connectivity index (χ1v) is 9.34. The molecule has 0 radical (unpaired) electrons. The molecule has 0 saturated carbocycles. The fraction of sp³-hybridized carbons (Fsp3) is 0.381. The van der Waals surface area contributed by atoms with Crippen LogP contribution in [0.25, 0.3) is 0 Å². The Kier molecular flexibility index (Phi) is 5.86. The van der Waals surface area contributed by atoms with Gasteiger partial charge in [0.25, 0.3) is 0 Å². The average Bonchev–Trinajstić information content (AvgIpc) is 2.64. The number of aryl methyl sites for hydroxylation is 1. The summed E-state index contributed by atoms with van der Waals surface area (Å²) in [6, 6.07) is 19.4. The van der Waals surface area contributed by atoms with Gasteiger partial charge in [-0.2, -0.15) is 0 Å². The van der Waals surface area contributed by atoms with E-state index in [1.807, 2.05) is 0 Å². The van der Waals surface area contributed by atoms with Crippen molar-refractivity contribution in [3.8, 4) is 0 Å². The van der Waals surface area contributed by atoms with E-state index in [2.05, 4.69) is 71.7 Å². The Labute approximate surface area is 150 Å². The number of benzene rings is 2. The highest BCUT2D eigenvalue weighted by molar-refractivity contribution is 7.80. The summed E-state index contributed by atoms with van der Waals surface area (Å²) < 4.78 is 0. The fourth-order valence-corrected chi connectivity index (χ4v) is 3.61. The number of rotatable bonds is 4. The number of piperidine rings is 1. The molecule has 2 aromatic carbocycles. The van der Waals surface area contributed by atoms with Crippen molar-refractivity contribution in [3.05, 3.63) is 65.7 Å². The first kappa shape index (κ1) is 17.0. The zero-order chi connectivity index (χ0) is 16.8. The minimum atomic E-state index is 0.773. The van der Waals surface area contributed by atoms with Crippen molar-refractivity contribution in [2.75, 3.05) is 18.4 Å². The number of likely N-dealkylation sites (tertiary alicyclic amines) is 1. The minimum absolute atomic E-state index is 0.773. The van der Waals surface area contributed by atoms with Crippen molar-refractivity contribution >= 4 is 23.0 Å². The molecule has 1 N–H and O–H groups in total. The maximum absolute atomic E-state index is 5.60. The van der Waals surface area contributed by atoms with Crippen LogP contribution in [0.1, 0.15) is 30.9 Å². The second-order valence-corrected chi connectivity index (χ2v) is 6.99. The summed E-state index contributed by atoms with van der Waals surface area (Å²) in [6.07, 6.45) is 4.68. The molecule has 126 valence electrons. The lowest BCUT2D eigenvalue weighted by Gasteiger charge is -2.34. The number of nitrogens with zero attached hydrogens (tertiary/aromatic N) is 1. The summed E-state index contributed by atoms with van der Waals surface area (Å²) in [5, 5.41) is 4.24. The molecule has 0 unspecified atom stereocenters. The van der Waals surface area contributed by atoms with E-state index in [0.29, 0.717) is 0 Å². The van der Waals surface area contributed by atoms with Crippen molar-refractivity contribution in [2.45, 2.75) is 32.6 Å². The molecule has 1 aliphatic heterocycles. The van der Waals surface area contributed by atoms with Crippen molar-refractivity contribution in [1.82, 2.24) is 4.90 Å². The molecule has 0 bridgehead atoms. The van der Waals surface area contributed by atoms with E-state index in [0.717, 1.165) is 36.2 Å². The van der Waals surface area contributed by atoms with Gasteiger partial charge in [-0.15, -0.1) is 0 Å². The van der Waals surface area contributed by atoms with Crippen LogP contribution in [0.15, 0.2) is 54.6 Å². The number of hydrogen-bond acceptors (Lipinski definition) is 1. The molecule has 2 nitrogen and oxygen atoms in total. The molecular weight excluding hydrogens is 312 g/mol. The van der Waals surface area contributed by atoms with Gasteiger partial charge in [0, 0.05) is 18.8 Å². The van der Waals surface area contributed by atoms with Crippen LogP contribution in [-0.2, 0) is 12.8 Å². The lowest BCUT2D eigenvalue weighted by Crippen LogP contribution is -2.41. The van der Waals surface area contributed by atoms with E-state index in [9.17, 15) is 0 Å². The first-order valence-electron chi connectivity index (χ1n) is 8.93. The van der Waals surface area contributed by atoms with Gasteiger partial charge < -0.3 is 10.2 Å². The zero-order valence-corrected chi connectivity index (χ0v) is 15.2. The molecule has 3 heteroatoms. The molecule has 1 heterocycles. The summed E-state index contributed by atoms with van der Waals surface area (Å²) in [4.78, 5) is 2.31. The van der Waals surface area contributed by atoms with Gasteiger partial charge in [-0.05, 0) is 67.1 Å². The summed E-state index contributed by atoms with van der Waals surface area (Å²) in [6.45, 7) is 4.28. The summed E-state index contributed by atoms with van der Waals surface area (Å²) in [5.74, 6) is 0.773. The SMILES string of the molecule is CCc1ccc(NC(=S)N2CCC(Cc3ccccc3)CC2)cc1. The fourth-order valence-electron chi connectivity index (χ4n) is 3.31. The predicted octanol–water partition coefficient (Wildman–Crippen LogP) is 4.90. The topological polar surface area (TPSA) is 15.3 Å². The van der Waals surface area contributed by atoms with Crippen LogP contribution >= 0.6 is 12.2 Å². The van der Waals surface area contributed by atoms with E-state index < -0.39 is 0 Å². The van der Waals surface area contributed by atoms with E-state index >= 15 is 0 Å². The lowest BCUT2D eigenvalue weighted by atomic mass is 9.90. The van der Waals surface area contributed by atoms with Gasteiger partial charge in [-0.25, -0.2) is 0 Å². The van der Waals surface area contributed by atoms with Crippen LogP contribution in [0.3, 0.4) is 0 Å².